The molecule has 0 saturated carbocycles. The molecule has 2 rings (SSSR count). The molecule has 19 heavy (non-hydrogen) atoms. The number of hydrogen-bond acceptors (Lipinski definition) is 4. The number of nitriles is 1. The number of aromatic nitrogens is 1. The van der Waals surface area contributed by atoms with Crippen molar-refractivity contribution in [3.63, 3.8) is 0 Å². The van der Waals surface area contributed by atoms with Crippen LogP contribution >= 0.6 is 0 Å². The smallest absolute Gasteiger partial charge is 0.129 e. The molecule has 4 heteroatoms. The van der Waals surface area contributed by atoms with E-state index in [0.29, 0.717) is 11.6 Å². The van der Waals surface area contributed by atoms with Crippen molar-refractivity contribution in [2.24, 2.45) is 0 Å². The van der Waals surface area contributed by atoms with Crippen molar-refractivity contribution in [2.75, 3.05) is 24.5 Å². The minimum Gasteiger partial charge on any atom is -0.355 e. The summed E-state index contributed by atoms with van der Waals surface area (Å²) in [6.45, 7) is 5.32. The van der Waals surface area contributed by atoms with Crippen LogP contribution in [0.2, 0.25) is 0 Å². The fraction of sp³-hybridized carbons (Fsp3) is 0.600. The number of nitrogens with zero attached hydrogens (tertiary/aromatic N) is 3. The zero-order chi connectivity index (χ0) is 13.5. The summed E-state index contributed by atoms with van der Waals surface area (Å²) in [5, 5.41) is 12.5. The Morgan fingerprint density at radius 2 is 2.47 bits per heavy atom. The summed E-state index contributed by atoms with van der Waals surface area (Å²) in [5.41, 5.74) is 0.686. The van der Waals surface area contributed by atoms with Crippen LogP contribution in [-0.4, -0.2) is 30.7 Å². The van der Waals surface area contributed by atoms with Crippen LogP contribution in [0.4, 0.5) is 5.82 Å². The molecule has 1 aromatic heterocycles. The summed E-state index contributed by atoms with van der Waals surface area (Å²) in [5.74, 6) is 0.932. The molecule has 2 heterocycles. The number of hydrogen-bond donors (Lipinski definition) is 1. The lowest BCUT2D eigenvalue weighted by atomic mass is 10.2. The molecule has 1 aliphatic heterocycles. The van der Waals surface area contributed by atoms with Gasteiger partial charge in [-0.25, -0.2) is 4.98 Å². The Morgan fingerprint density at radius 1 is 1.58 bits per heavy atom. The highest BCUT2D eigenvalue weighted by Crippen LogP contribution is 2.16. The molecule has 1 fully saturated rings. The fourth-order valence-corrected chi connectivity index (χ4v) is 2.49. The van der Waals surface area contributed by atoms with E-state index in [-0.39, 0.29) is 0 Å². The molecule has 1 aliphatic rings. The van der Waals surface area contributed by atoms with Gasteiger partial charge in [0.15, 0.2) is 0 Å². The van der Waals surface area contributed by atoms with E-state index in [1.165, 1.54) is 19.3 Å². The number of unbranched alkanes of at least 4 members (excludes halogenated alkanes) is 1. The Labute approximate surface area is 115 Å². The molecular formula is C15H22N4. The van der Waals surface area contributed by atoms with Gasteiger partial charge in [-0.1, -0.05) is 13.3 Å². The SMILES string of the molecule is CCCCN(CC1CCCN1)c1cc(C#N)ccn1. The number of anilines is 1. The Morgan fingerprint density at radius 3 is 3.16 bits per heavy atom. The van der Waals surface area contributed by atoms with Crippen molar-refractivity contribution in [1.29, 1.82) is 5.26 Å². The highest BCUT2D eigenvalue weighted by Gasteiger charge is 2.18. The van der Waals surface area contributed by atoms with Gasteiger partial charge in [0, 0.05) is 25.3 Å². The maximum Gasteiger partial charge on any atom is 0.129 e. The molecule has 102 valence electrons. The van der Waals surface area contributed by atoms with Crippen LogP contribution in [0.15, 0.2) is 18.3 Å². The van der Waals surface area contributed by atoms with Crippen molar-refractivity contribution in [2.45, 2.75) is 38.6 Å². The van der Waals surface area contributed by atoms with E-state index >= 15 is 0 Å². The summed E-state index contributed by atoms with van der Waals surface area (Å²) in [6.07, 6.45) is 6.56. The van der Waals surface area contributed by atoms with E-state index < -0.39 is 0 Å². The molecule has 1 atom stereocenters. The average Bonchev–Trinajstić information content (AvgIpc) is 2.96. The Bertz CT molecular complexity index is 432. The molecule has 1 unspecified atom stereocenters. The van der Waals surface area contributed by atoms with Gasteiger partial charge in [0.25, 0.3) is 0 Å². The van der Waals surface area contributed by atoms with Gasteiger partial charge in [0.05, 0.1) is 11.6 Å². The maximum absolute atomic E-state index is 9.00. The van der Waals surface area contributed by atoms with Crippen molar-refractivity contribution >= 4 is 5.82 Å². The van der Waals surface area contributed by atoms with Gasteiger partial charge in [-0.15, -0.1) is 0 Å². The van der Waals surface area contributed by atoms with Gasteiger partial charge in [0.2, 0.25) is 0 Å². The zero-order valence-corrected chi connectivity index (χ0v) is 11.6. The first-order chi connectivity index (χ1) is 9.33. The van der Waals surface area contributed by atoms with Crippen LogP contribution in [-0.2, 0) is 0 Å². The van der Waals surface area contributed by atoms with Gasteiger partial charge < -0.3 is 10.2 Å². The molecular weight excluding hydrogens is 236 g/mol. The number of nitrogens with one attached hydrogen (secondary N) is 1. The topological polar surface area (TPSA) is 52.0 Å². The fourth-order valence-electron chi connectivity index (χ4n) is 2.49. The van der Waals surface area contributed by atoms with Crippen LogP contribution < -0.4 is 10.2 Å². The second-order valence-electron chi connectivity index (χ2n) is 5.11. The predicted molar refractivity (Wildman–Crippen MR) is 77.1 cm³/mol. The molecule has 1 saturated heterocycles. The minimum atomic E-state index is 0.560. The predicted octanol–water partition coefficient (Wildman–Crippen LogP) is 2.31. The maximum atomic E-state index is 9.00. The second kappa shape index (κ2) is 7.10. The van der Waals surface area contributed by atoms with Gasteiger partial charge in [0.1, 0.15) is 5.82 Å². The van der Waals surface area contributed by atoms with Crippen molar-refractivity contribution in [1.82, 2.24) is 10.3 Å². The highest BCUT2D eigenvalue weighted by atomic mass is 15.2. The van der Waals surface area contributed by atoms with Crippen molar-refractivity contribution in [3.8, 4) is 6.07 Å². The lowest BCUT2D eigenvalue weighted by Crippen LogP contribution is -2.38. The highest BCUT2D eigenvalue weighted by molar-refractivity contribution is 5.45. The first-order valence-electron chi connectivity index (χ1n) is 7.18. The lowest BCUT2D eigenvalue weighted by Gasteiger charge is -2.27. The third kappa shape index (κ3) is 3.93. The number of rotatable bonds is 6. The average molecular weight is 258 g/mol. The third-order valence-corrected chi connectivity index (χ3v) is 3.58. The number of pyridine rings is 1. The summed E-state index contributed by atoms with van der Waals surface area (Å²) < 4.78 is 0. The van der Waals surface area contributed by atoms with Gasteiger partial charge in [-0.2, -0.15) is 5.26 Å². The first kappa shape index (κ1) is 13.8. The van der Waals surface area contributed by atoms with Crippen LogP contribution in [0.3, 0.4) is 0 Å². The standard InChI is InChI=1S/C15H22N4/c1-2-3-9-19(12-14-5-4-7-17-14)15-10-13(11-16)6-8-18-15/h6,8,10,14,17H,2-5,7,9,12H2,1H3. The molecule has 0 spiro atoms. The van der Waals surface area contributed by atoms with Crippen LogP contribution in [0.1, 0.15) is 38.2 Å². The normalized spacial score (nSPS) is 18.2. The van der Waals surface area contributed by atoms with E-state index in [1.807, 2.05) is 6.07 Å². The Hall–Kier alpha value is -1.60. The molecule has 0 aliphatic carbocycles. The molecule has 0 bridgehead atoms. The molecule has 1 aromatic rings. The third-order valence-electron chi connectivity index (χ3n) is 3.58. The monoisotopic (exact) mass is 258 g/mol. The van der Waals surface area contributed by atoms with Crippen molar-refractivity contribution < 1.29 is 0 Å². The van der Waals surface area contributed by atoms with Crippen LogP contribution in [0, 0.1) is 11.3 Å². The molecule has 0 radical (unpaired) electrons. The molecule has 1 N–H and O–H groups in total. The van der Waals surface area contributed by atoms with E-state index in [4.69, 9.17) is 5.26 Å². The van der Waals surface area contributed by atoms with Crippen LogP contribution in [0.5, 0.6) is 0 Å². The first-order valence-corrected chi connectivity index (χ1v) is 7.18. The van der Waals surface area contributed by atoms with Gasteiger partial charge >= 0.3 is 0 Å². The van der Waals surface area contributed by atoms with Crippen LogP contribution in [0.25, 0.3) is 0 Å². The summed E-state index contributed by atoms with van der Waals surface area (Å²) >= 11 is 0. The lowest BCUT2D eigenvalue weighted by molar-refractivity contribution is 0.569. The molecule has 4 nitrogen and oxygen atoms in total. The Kier molecular flexibility index (Phi) is 5.17. The van der Waals surface area contributed by atoms with Gasteiger partial charge in [-0.3, -0.25) is 0 Å². The summed E-state index contributed by atoms with van der Waals surface area (Å²) in [4.78, 5) is 6.74. The zero-order valence-electron chi connectivity index (χ0n) is 11.6. The van der Waals surface area contributed by atoms with E-state index in [9.17, 15) is 0 Å². The quantitative estimate of drug-likeness (QED) is 0.850. The second-order valence-corrected chi connectivity index (χ2v) is 5.11. The summed E-state index contributed by atoms with van der Waals surface area (Å²) in [6, 6.07) is 6.40. The summed E-state index contributed by atoms with van der Waals surface area (Å²) in [7, 11) is 0. The van der Waals surface area contributed by atoms with E-state index in [2.05, 4.69) is 28.2 Å². The van der Waals surface area contributed by atoms with Gasteiger partial charge in [-0.05, 0) is 37.9 Å². The Balaban J connectivity index is 2.08. The van der Waals surface area contributed by atoms with E-state index in [1.54, 1.807) is 12.3 Å². The largest absolute Gasteiger partial charge is 0.355 e. The molecule has 0 aromatic carbocycles. The minimum absolute atomic E-state index is 0.560. The molecule has 0 amide bonds. The van der Waals surface area contributed by atoms with E-state index in [0.717, 1.165) is 31.9 Å². The van der Waals surface area contributed by atoms with Crippen molar-refractivity contribution in [3.05, 3.63) is 23.9 Å².